The predicted molar refractivity (Wildman–Crippen MR) is 115 cm³/mol. The van der Waals surface area contributed by atoms with E-state index in [9.17, 15) is 14.0 Å². The van der Waals surface area contributed by atoms with Gasteiger partial charge in [-0.05, 0) is 44.0 Å². The molecule has 8 heteroatoms. The van der Waals surface area contributed by atoms with Crippen molar-refractivity contribution < 1.29 is 18.5 Å². The van der Waals surface area contributed by atoms with E-state index < -0.39 is 5.82 Å². The molecule has 0 spiro atoms. The van der Waals surface area contributed by atoms with Crippen molar-refractivity contribution in [3.05, 3.63) is 70.7 Å². The number of rotatable bonds is 4. The molecule has 0 saturated carbocycles. The van der Waals surface area contributed by atoms with E-state index in [0.29, 0.717) is 25.1 Å². The van der Waals surface area contributed by atoms with E-state index in [2.05, 4.69) is 10.5 Å². The van der Waals surface area contributed by atoms with Crippen LogP contribution in [-0.4, -0.2) is 35.0 Å². The van der Waals surface area contributed by atoms with E-state index in [0.717, 1.165) is 0 Å². The minimum Gasteiger partial charge on any atom is -0.360 e. The van der Waals surface area contributed by atoms with Crippen molar-refractivity contribution in [2.45, 2.75) is 19.8 Å². The second-order valence-corrected chi connectivity index (χ2v) is 7.91. The Balaban J connectivity index is 1.56. The van der Waals surface area contributed by atoms with Gasteiger partial charge >= 0.3 is 0 Å². The highest BCUT2D eigenvalue weighted by atomic mass is 35.5. The Labute approximate surface area is 184 Å². The molecule has 2 heterocycles. The first-order valence-corrected chi connectivity index (χ1v) is 10.4. The summed E-state index contributed by atoms with van der Waals surface area (Å²) in [5.41, 5.74) is 0.972. The van der Waals surface area contributed by atoms with Crippen molar-refractivity contribution in [1.29, 1.82) is 0 Å². The maximum Gasteiger partial charge on any atom is 0.259 e. The van der Waals surface area contributed by atoms with Crippen LogP contribution < -0.4 is 5.32 Å². The number of nitrogens with one attached hydrogen (secondary N) is 1. The monoisotopic (exact) mass is 441 g/mol. The Kier molecular flexibility index (Phi) is 6.04. The molecule has 0 radical (unpaired) electrons. The first-order chi connectivity index (χ1) is 15.0. The molecule has 160 valence electrons. The minimum absolute atomic E-state index is 0.0275. The fourth-order valence-electron chi connectivity index (χ4n) is 3.82. The lowest BCUT2D eigenvalue weighted by Crippen LogP contribution is -2.44. The number of carbonyl (C=O) groups is 2. The summed E-state index contributed by atoms with van der Waals surface area (Å²) in [6, 6.07) is 13.5. The molecule has 0 bridgehead atoms. The average Bonchev–Trinajstić information content (AvgIpc) is 3.15. The van der Waals surface area contributed by atoms with Crippen molar-refractivity contribution in [1.82, 2.24) is 10.1 Å². The molecular weight excluding hydrogens is 421 g/mol. The smallest absolute Gasteiger partial charge is 0.259 e. The number of amides is 2. The second-order valence-electron chi connectivity index (χ2n) is 7.50. The SMILES string of the molecule is Cc1onc(-c2c(F)cccc2Cl)c1C(=O)N1CCC[C@H](C(=O)Nc2ccccc2)C1. The molecule has 2 aromatic carbocycles. The molecule has 0 unspecified atom stereocenters. The van der Waals surface area contributed by atoms with Crippen LogP contribution in [0.1, 0.15) is 29.0 Å². The number of anilines is 1. The number of halogens is 2. The molecule has 1 saturated heterocycles. The van der Waals surface area contributed by atoms with Crippen LogP contribution in [0.5, 0.6) is 0 Å². The molecule has 1 aromatic heterocycles. The second kappa shape index (κ2) is 8.89. The van der Waals surface area contributed by atoms with E-state index in [-0.39, 0.29) is 51.9 Å². The number of aromatic nitrogens is 1. The number of para-hydroxylation sites is 1. The molecule has 1 aliphatic rings. The van der Waals surface area contributed by atoms with E-state index in [1.807, 2.05) is 30.3 Å². The van der Waals surface area contributed by atoms with Gasteiger partial charge in [-0.2, -0.15) is 0 Å². The lowest BCUT2D eigenvalue weighted by molar-refractivity contribution is -0.121. The van der Waals surface area contributed by atoms with Crippen LogP contribution >= 0.6 is 11.6 Å². The van der Waals surface area contributed by atoms with Crippen LogP contribution in [0.15, 0.2) is 53.1 Å². The lowest BCUT2D eigenvalue weighted by atomic mass is 9.95. The van der Waals surface area contributed by atoms with Crippen molar-refractivity contribution >= 4 is 29.1 Å². The number of benzene rings is 2. The molecule has 1 fully saturated rings. The fourth-order valence-corrected chi connectivity index (χ4v) is 4.07. The zero-order valence-electron chi connectivity index (χ0n) is 16.9. The number of hydrogen-bond acceptors (Lipinski definition) is 4. The van der Waals surface area contributed by atoms with Gasteiger partial charge in [-0.25, -0.2) is 4.39 Å². The summed E-state index contributed by atoms with van der Waals surface area (Å²) in [6.45, 7) is 2.34. The minimum atomic E-state index is -0.589. The zero-order chi connectivity index (χ0) is 22.0. The summed E-state index contributed by atoms with van der Waals surface area (Å²) in [4.78, 5) is 27.7. The van der Waals surface area contributed by atoms with Gasteiger partial charge in [-0.3, -0.25) is 9.59 Å². The number of nitrogens with zero attached hydrogens (tertiary/aromatic N) is 2. The first kappa shape index (κ1) is 21.1. The Hall–Kier alpha value is -3.19. The molecule has 1 N–H and O–H groups in total. The van der Waals surface area contributed by atoms with Gasteiger partial charge < -0.3 is 14.7 Å². The van der Waals surface area contributed by atoms with Gasteiger partial charge in [0.15, 0.2) is 0 Å². The van der Waals surface area contributed by atoms with Crippen molar-refractivity contribution in [2.24, 2.45) is 5.92 Å². The van der Waals surface area contributed by atoms with E-state index in [1.54, 1.807) is 11.8 Å². The van der Waals surface area contributed by atoms with Crippen molar-refractivity contribution in [2.75, 3.05) is 18.4 Å². The van der Waals surface area contributed by atoms with Crippen molar-refractivity contribution in [3.8, 4) is 11.3 Å². The highest BCUT2D eigenvalue weighted by molar-refractivity contribution is 6.33. The Morgan fingerprint density at radius 3 is 2.71 bits per heavy atom. The predicted octanol–water partition coefficient (Wildman–Crippen LogP) is 4.93. The lowest BCUT2D eigenvalue weighted by Gasteiger charge is -2.32. The zero-order valence-corrected chi connectivity index (χ0v) is 17.7. The average molecular weight is 442 g/mol. The highest BCUT2D eigenvalue weighted by Crippen LogP contribution is 2.34. The third-order valence-corrected chi connectivity index (χ3v) is 5.71. The molecule has 1 atom stereocenters. The Morgan fingerprint density at radius 1 is 1.19 bits per heavy atom. The summed E-state index contributed by atoms with van der Waals surface area (Å²) in [5.74, 6) is -1.16. The summed E-state index contributed by atoms with van der Waals surface area (Å²) in [7, 11) is 0. The van der Waals surface area contributed by atoms with E-state index in [1.165, 1.54) is 18.2 Å². The van der Waals surface area contributed by atoms with Crippen LogP contribution in [0.4, 0.5) is 10.1 Å². The number of piperidine rings is 1. The van der Waals surface area contributed by atoms with Gasteiger partial charge in [-0.1, -0.05) is 41.0 Å². The number of aryl methyl sites for hydroxylation is 1. The molecule has 0 aliphatic carbocycles. The number of carbonyl (C=O) groups excluding carboxylic acids is 2. The van der Waals surface area contributed by atoms with Crippen LogP contribution in [0.25, 0.3) is 11.3 Å². The molecule has 6 nitrogen and oxygen atoms in total. The maximum absolute atomic E-state index is 14.5. The summed E-state index contributed by atoms with van der Waals surface area (Å²) in [6.07, 6.45) is 1.36. The van der Waals surface area contributed by atoms with E-state index in [4.69, 9.17) is 16.1 Å². The normalized spacial score (nSPS) is 16.2. The standard InChI is InChI=1S/C23H21ClFN3O3/c1-14-19(21(27-31-14)20-17(24)10-5-11-18(20)25)23(30)28-12-6-7-15(13-28)22(29)26-16-8-3-2-4-9-16/h2-5,8-11,15H,6-7,12-13H2,1H3,(H,26,29)/t15-/m0/s1. The van der Waals surface area contributed by atoms with Crippen LogP contribution in [0, 0.1) is 18.7 Å². The maximum atomic E-state index is 14.5. The van der Waals surface area contributed by atoms with Gasteiger partial charge in [0, 0.05) is 18.8 Å². The largest absolute Gasteiger partial charge is 0.360 e. The third kappa shape index (κ3) is 4.32. The molecular formula is C23H21ClFN3O3. The quantitative estimate of drug-likeness (QED) is 0.622. The van der Waals surface area contributed by atoms with Crippen LogP contribution in [-0.2, 0) is 4.79 Å². The van der Waals surface area contributed by atoms with Crippen molar-refractivity contribution in [3.63, 3.8) is 0 Å². The Morgan fingerprint density at radius 2 is 1.97 bits per heavy atom. The molecule has 31 heavy (non-hydrogen) atoms. The fraction of sp³-hybridized carbons (Fsp3) is 0.261. The number of hydrogen-bond donors (Lipinski definition) is 1. The van der Waals surface area contributed by atoms with Gasteiger partial charge in [0.1, 0.15) is 22.8 Å². The number of likely N-dealkylation sites (tertiary alicyclic amines) is 1. The first-order valence-electron chi connectivity index (χ1n) is 10.0. The van der Waals surface area contributed by atoms with Gasteiger partial charge in [0.25, 0.3) is 5.91 Å². The molecule has 3 aromatic rings. The van der Waals surface area contributed by atoms with Gasteiger partial charge in [-0.15, -0.1) is 0 Å². The van der Waals surface area contributed by atoms with E-state index >= 15 is 0 Å². The summed E-state index contributed by atoms with van der Waals surface area (Å²) < 4.78 is 19.7. The molecule has 4 rings (SSSR count). The van der Waals surface area contributed by atoms with Gasteiger partial charge in [0.05, 0.1) is 16.5 Å². The van der Waals surface area contributed by atoms with Crippen LogP contribution in [0.3, 0.4) is 0 Å². The Bertz CT molecular complexity index is 1100. The highest BCUT2D eigenvalue weighted by Gasteiger charge is 2.33. The van der Waals surface area contributed by atoms with Crippen LogP contribution in [0.2, 0.25) is 5.02 Å². The summed E-state index contributed by atoms with van der Waals surface area (Å²) >= 11 is 6.18. The molecule has 1 aliphatic heterocycles. The summed E-state index contributed by atoms with van der Waals surface area (Å²) in [5, 5.41) is 6.94. The van der Waals surface area contributed by atoms with Gasteiger partial charge in [0.2, 0.25) is 5.91 Å². The topological polar surface area (TPSA) is 75.4 Å². The third-order valence-electron chi connectivity index (χ3n) is 5.40. The molecule has 2 amide bonds.